The first kappa shape index (κ1) is 17.5. The lowest BCUT2D eigenvalue weighted by atomic mass is 9.84. The highest BCUT2D eigenvalue weighted by molar-refractivity contribution is 5.80. The van der Waals surface area contributed by atoms with Gasteiger partial charge < -0.3 is 15.5 Å². The summed E-state index contributed by atoms with van der Waals surface area (Å²) >= 11 is 0. The maximum absolute atomic E-state index is 12.3. The normalized spacial score (nSPS) is 28.4. The second kappa shape index (κ2) is 8.19. The van der Waals surface area contributed by atoms with Crippen LogP contribution in [0.15, 0.2) is 4.99 Å². The predicted octanol–water partition coefficient (Wildman–Crippen LogP) is 0.894. The Bertz CT molecular complexity index is 454. The Hall–Kier alpha value is -1.30. The van der Waals surface area contributed by atoms with Crippen molar-refractivity contribution in [3.05, 3.63) is 0 Å². The van der Waals surface area contributed by atoms with Crippen molar-refractivity contribution in [2.45, 2.75) is 45.6 Å². The maximum atomic E-state index is 12.3. The summed E-state index contributed by atoms with van der Waals surface area (Å²) in [7, 11) is 0. The molecule has 1 aliphatic heterocycles. The topological polar surface area (TPSA) is 60.0 Å². The van der Waals surface area contributed by atoms with E-state index < -0.39 is 0 Å². The Labute approximate surface area is 146 Å². The third-order valence-electron chi connectivity index (χ3n) is 5.60. The van der Waals surface area contributed by atoms with Gasteiger partial charge in [0, 0.05) is 51.2 Å². The number of carbonyl (C=O) groups is 1. The Balaban J connectivity index is 1.36. The smallest absolute Gasteiger partial charge is 0.225 e. The Kier molecular flexibility index (Phi) is 5.98. The van der Waals surface area contributed by atoms with Crippen LogP contribution in [0, 0.1) is 11.8 Å². The van der Waals surface area contributed by atoms with Gasteiger partial charge in [0.2, 0.25) is 5.91 Å². The molecule has 6 heteroatoms. The van der Waals surface area contributed by atoms with E-state index in [1.165, 1.54) is 12.8 Å². The fourth-order valence-corrected chi connectivity index (χ4v) is 3.43. The number of piperazine rings is 1. The average molecular weight is 335 g/mol. The summed E-state index contributed by atoms with van der Waals surface area (Å²) < 4.78 is 0. The zero-order chi connectivity index (χ0) is 16.9. The third-order valence-corrected chi connectivity index (χ3v) is 5.60. The highest BCUT2D eigenvalue weighted by Crippen LogP contribution is 2.29. The van der Waals surface area contributed by atoms with Crippen LogP contribution >= 0.6 is 0 Å². The van der Waals surface area contributed by atoms with E-state index in [4.69, 9.17) is 4.99 Å². The van der Waals surface area contributed by atoms with Crippen molar-refractivity contribution in [1.82, 2.24) is 20.4 Å². The molecule has 0 aromatic heterocycles. The van der Waals surface area contributed by atoms with Gasteiger partial charge in [0.05, 0.1) is 6.54 Å². The quantitative estimate of drug-likeness (QED) is 0.559. The minimum Gasteiger partial charge on any atom is -0.357 e. The van der Waals surface area contributed by atoms with Gasteiger partial charge in [-0.1, -0.05) is 13.3 Å². The molecule has 2 unspecified atom stereocenters. The van der Waals surface area contributed by atoms with Crippen molar-refractivity contribution in [2.75, 3.05) is 45.8 Å². The standard InChI is InChI=1S/C18H33N5O/c1-3-19-18(21-16-13-14(16)2)20-7-8-22-9-11-23(12-10-22)17(24)15-5-4-6-15/h14-16H,3-13H2,1-2H3,(H2,19,20,21). The molecule has 0 radical (unpaired) electrons. The van der Waals surface area contributed by atoms with E-state index in [9.17, 15) is 4.79 Å². The molecule has 136 valence electrons. The fourth-order valence-electron chi connectivity index (χ4n) is 3.43. The molecule has 3 fully saturated rings. The van der Waals surface area contributed by atoms with Crippen molar-refractivity contribution >= 4 is 11.9 Å². The predicted molar refractivity (Wildman–Crippen MR) is 97.0 cm³/mol. The summed E-state index contributed by atoms with van der Waals surface area (Å²) in [5.74, 6) is 2.46. The van der Waals surface area contributed by atoms with Gasteiger partial charge in [0.25, 0.3) is 0 Å². The number of rotatable bonds is 6. The molecule has 3 rings (SSSR count). The Morgan fingerprint density at radius 3 is 2.46 bits per heavy atom. The average Bonchev–Trinajstić information content (AvgIpc) is 3.21. The van der Waals surface area contributed by atoms with E-state index in [0.717, 1.165) is 70.5 Å². The van der Waals surface area contributed by atoms with Crippen LogP contribution in [0.5, 0.6) is 0 Å². The molecule has 2 saturated carbocycles. The summed E-state index contributed by atoms with van der Waals surface area (Å²) in [4.78, 5) is 21.5. The molecular formula is C18H33N5O. The number of hydrogen-bond acceptors (Lipinski definition) is 3. The van der Waals surface area contributed by atoms with Gasteiger partial charge in [-0.2, -0.15) is 0 Å². The fraction of sp³-hybridized carbons (Fsp3) is 0.889. The first-order chi connectivity index (χ1) is 11.7. The summed E-state index contributed by atoms with van der Waals surface area (Å²) in [6, 6.07) is 0.601. The van der Waals surface area contributed by atoms with Crippen LogP contribution < -0.4 is 10.6 Å². The van der Waals surface area contributed by atoms with E-state index in [1.807, 2.05) is 0 Å². The number of amides is 1. The second-order valence-corrected chi connectivity index (χ2v) is 7.52. The minimum atomic E-state index is 0.333. The van der Waals surface area contributed by atoms with Crippen LogP contribution in [0.25, 0.3) is 0 Å². The highest BCUT2D eigenvalue weighted by atomic mass is 16.2. The zero-order valence-electron chi connectivity index (χ0n) is 15.3. The van der Waals surface area contributed by atoms with Gasteiger partial charge in [0.1, 0.15) is 0 Å². The van der Waals surface area contributed by atoms with Crippen LogP contribution in [0.2, 0.25) is 0 Å². The van der Waals surface area contributed by atoms with Crippen LogP contribution in [0.4, 0.5) is 0 Å². The van der Waals surface area contributed by atoms with Crippen molar-refractivity contribution in [3.8, 4) is 0 Å². The molecule has 0 spiro atoms. The second-order valence-electron chi connectivity index (χ2n) is 7.52. The molecule has 1 heterocycles. The number of carbonyl (C=O) groups excluding carboxylic acids is 1. The first-order valence-corrected chi connectivity index (χ1v) is 9.73. The van der Waals surface area contributed by atoms with Crippen molar-refractivity contribution in [3.63, 3.8) is 0 Å². The van der Waals surface area contributed by atoms with E-state index in [1.54, 1.807) is 0 Å². The summed E-state index contributed by atoms with van der Waals surface area (Å²) in [5, 5.41) is 6.82. The minimum absolute atomic E-state index is 0.333. The van der Waals surface area contributed by atoms with Gasteiger partial charge in [-0.15, -0.1) is 0 Å². The highest BCUT2D eigenvalue weighted by Gasteiger charge is 2.33. The van der Waals surface area contributed by atoms with E-state index >= 15 is 0 Å². The summed E-state index contributed by atoms with van der Waals surface area (Å²) in [6.45, 7) is 10.8. The molecule has 0 aromatic rings. The number of nitrogens with one attached hydrogen (secondary N) is 2. The molecule has 24 heavy (non-hydrogen) atoms. The SMILES string of the molecule is CCNC(=NCCN1CCN(C(=O)C2CCC2)CC1)NC1CC1C. The molecule has 2 N–H and O–H groups in total. The van der Waals surface area contributed by atoms with Crippen molar-refractivity contribution in [1.29, 1.82) is 0 Å². The van der Waals surface area contributed by atoms with E-state index in [0.29, 0.717) is 17.9 Å². The molecule has 3 aliphatic rings. The van der Waals surface area contributed by atoms with Gasteiger partial charge in [0.15, 0.2) is 5.96 Å². The van der Waals surface area contributed by atoms with Crippen LogP contribution in [0.3, 0.4) is 0 Å². The zero-order valence-corrected chi connectivity index (χ0v) is 15.3. The lowest BCUT2D eigenvalue weighted by molar-refractivity contribution is -0.139. The van der Waals surface area contributed by atoms with Crippen LogP contribution in [-0.2, 0) is 4.79 Å². The summed E-state index contributed by atoms with van der Waals surface area (Å²) in [5.41, 5.74) is 0. The van der Waals surface area contributed by atoms with Crippen LogP contribution in [-0.4, -0.2) is 73.5 Å². The largest absolute Gasteiger partial charge is 0.357 e. The molecule has 1 amide bonds. The lowest BCUT2D eigenvalue weighted by Gasteiger charge is -2.38. The van der Waals surface area contributed by atoms with Gasteiger partial charge in [-0.3, -0.25) is 14.7 Å². The lowest BCUT2D eigenvalue weighted by Crippen LogP contribution is -2.51. The van der Waals surface area contributed by atoms with Crippen LogP contribution in [0.1, 0.15) is 39.5 Å². The number of aliphatic imine (C=N–C) groups is 1. The molecule has 0 bridgehead atoms. The molecular weight excluding hydrogens is 302 g/mol. The van der Waals surface area contributed by atoms with Gasteiger partial charge in [-0.25, -0.2) is 0 Å². The first-order valence-electron chi connectivity index (χ1n) is 9.73. The monoisotopic (exact) mass is 335 g/mol. The van der Waals surface area contributed by atoms with Crippen molar-refractivity contribution < 1.29 is 4.79 Å². The van der Waals surface area contributed by atoms with Gasteiger partial charge in [-0.05, 0) is 32.1 Å². The third kappa shape index (κ3) is 4.62. The molecule has 2 aliphatic carbocycles. The van der Waals surface area contributed by atoms with Gasteiger partial charge >= 0.3 is 0 Å². The Morgan fingerprint density at radius 2 is 1.92 bits per heavy atom. The van der Waals surface area contributed by atoms with E-state index in [2.05, 4.69) is 34.3 Å². The summed E-state index contributed by atoms with van der Waals surface area (Å²) in [6.07, 6.45) is 4.69. The molecule has 6 nitrogen and oxygen atoms in total. The molecule has 2 atom stereocenters. The maximum Gasteiger partial charge on any atom is 0.225 e. The Morgan fingerprint density at radius 1 is 1.21 bits per heavy atom. The number of hydrogen-bond donors (Lipinski definition) is 2. The molecule has 0 aromatic carbocycles. The van der Waals surface area contributed by atoms with E-state index in [-0.39, 0.29) is 0 Å². The number of guanidine groups is 1. The number of nitrogens with zero attached hydrogens (tertiary/aromatic N) is 3. The molecule has 1 saturated heterocycles. The van der Waals surface area contributed by atoms with Crippen molar-refractivity contribution in [2.24, 2.45) is 16.8 Å².